The average Bonchev–Trinajstić information content (AvgIpc) is 2.60. The second-order valence-electron chi connectivity index (χ2n) is 4.06. The highest BCUT2D eigenvalue weighted by molar-refractivity contribution is 7.80. The molecule has 3 N–H and O–H groups in total. The Morgan fingerprint density at radius 3 is 2.17 bits per heavy atom. The van der Waals surface area contributed by atoms with Crippen molar-refractivity contribution in [3.8, 4) is 0 Å². The largest absolute Gasteiger partial charge is 0.376 e. The van der Waals surface area contributed by atoms with E-state index in [2.05, 4.69) is 5.32 Å². The van der Waals surface area contributed by atoms with Gasteiger partial charge in [0, 0.05) is 6.04 Å². The highest BCUT2D eigenvalue weighted by Crippen LogP contribution is 2.42. The van der Waals surface area contributed by atoms with Gasteiger partial charge in [0.05, 0.1) is 0 Å². The molecule has 0 aromatic heterocycles. The summed E-state index contributed by atoms with van der Waals surface area (Å²) in [7, 11) is 0. The molecular weight excluding hydrogens is 168 g/mol. The van der Waals surface area contributed by atoms with Crippen LogP contribution in [0.1, 0.15) is 32.1 Å². The van der Waals surface area contributed by atoms with Gasteiger partial charge in [0.2, 0.25) is 0 Å². The first-order chi connectivity index (χ1) is 5.77. The van der Waals surface area contributed by atoms with Gasteiger partial charge in [0.25, 0.3) is 0 Å². The van der Waals surface area contributed by atoms with Crippen LogP contribution < -0.4 is 11.1 Å². The Bertz CT molecular complexity index is 185. The summed E-state index contributed by atoms with van der Waals surface area (Å²) in [6, 6.07) is 0.608. The predicted molar refractivity (Wildman–Crippen MR) is 53.8 cm³/mol. The zero-order valence-corrected chi connectivity index (χ0v) is 8.07. The first-order valence-corrected chi connectivity index (χ1v) is 5.24. The number of nitrogens with one attached hydrogen (secondary N) is 1. The van der Waals surface area contributed by atoms with Crippen LogP contribution in [-0.4, -0.2) is 11.2 Å². The van der Waals surface area contributed by atoms with Crippen LogP contribution in [-0.2, 0) is 0 Å². The Hall–Kier alpha value is -0.310. The van der Waals surface area contributed by atoms with Crippen molar-refractivity contribution in [2.45, 2.75) is 38.1 Å². The van der Waals surface area contributed by atoms with Gasteiger partial charge in [-0.3, -0.25) is 0 Å². The first-order valence-electron chi connectivity index (χ1n) is 4.83. The molecule has 1 atom stereocenters. The van der Waals surface area contributed by atoms with E-state index in [1.165, 1.54) is 32.1 Å². The lowest BCUT2D eigenvalue weighted by Crippen LogP contribution is -2.46. The number of thiocarbonyl (C=S) groups is 1. The van der Waals surface area contributed by atoms with E-state index >= 15 is 0 Å². The molecule has 12 heavy (non-hydrogen) atoms. The molecule has 0 bridgehead atoms. The zero-order chi connectivity index (χ0) is 8.55. The Kier molecular flexibility index (Phi) is 2.22. The van der Waals surface area contributed by atoms with E-state index in [4.69, 9.17) is 18.0 Å². The SMILES string of the molecule is NC(=S)NC(C1CCC1)C1CC1. The highest BCUT2D eigenvalue weighted by Gasteiger charge is 2.38. The van der Waals surface area contributed by atoms with Gasteiger partial charge in [-0.25, -0.2) is 0 Å². The topological polar surface area (TPSA) is 38.0 Å². The fraction of sp³-hybridized carbons (Fsp3) is 0.889. The summed E-state index contributed by atoms with van der Waals surface area (Å²) >= 11 is 4.88. The lowest BCUT2D eigenvalue weighted by Gasteiger charge is -2.34. The van der Waals surface area contributed by atoms with Crippen LogP contribution in [0.5, 0.6) is 0 Å². The molecule has 0 aromatic rings. The first kappa shape index (κ1) is 8.30. The van der Waals surface area contributed by atoms with Gasteiger partial charge in [-0.2, -0.15) is 0 Å². The standard InChI is InChI=1S/C9H16N2S/c10-9(12)11-8(7-4-5-7)6-2-1-3-6/h6-8H,1-5H2,(H3,10,11,12). The molecular formula is C9H16N2S. The normalized spacial score (nSPS) is 26.0. The smallest absolute Gasteiger partial charge is 0.163 e. The third-order valence-electron chi connectivity index (χ3n) is 3.10. The number of hydrogen-bond acceptors (Lipinski definition) is 1. The second kappa shape index (κ2) is 3.21. The Morgan fingerprint density at radius 2 is 1.83 bits per heavy atom. The molecule has 0 aromatic carbocycles. The summed E-state index contributed by atoms with van der Waals surface area (Å²) < 4.78 is 0. The van der Waals surface area contributed by atoms with Crippen molar-refractivity contribution in [2.24, 2.45) is 17.6 Å². The van der Waals surface area contributed by atoms with Crippen LogP contribution in [0.3, 0.4) is 0 Å². The molecule has 3 heteroatoms. The molecule has 0 amide bonds. The van der Waals surface area contributed by atoms with E-state index < -0.39 is 0 Å². The number of rotatable bonds is 3. The van der Waals surface area contributed by atoms with E-state index in [-0.39, 0.29) is 0 Å². The molecule has 0 spiro atoms. The van der Waals surface area contributed by atoms with Gasteiger partial charge < -0.3 is 11.1 Å². The highest BCUT2D eigenvalue weighted by atomic mass is 32.1. The van der Waals surface area contributed by atoms with Gasteiger partial charge >= 0.3 is 0 Å². The van der Waals surface area contributed by atoms with E-state index in [0.29, 0.717) is 11.2 Å². The van der Waals surface area contributed by atoms with Crippen LogP contribution >= 0.6 is 12.2 Å². The summed E-state index contributed by atoms with van der Waals surface area (Å²) in [5.74, 6) is 1.73. The monoisotopic (exact) mass is 184 g/mol. The molecule has 2 saturated carbocycles. The third kappa shape index (κ3) is 1.71. The van der Waals surface area contributed by atoms with Gasteiger partial charge in [-0.05, 0) is 49.7 Å². The van der Waals surface area contributed by atoms with E-state index in [1.807, 2.05) is 0 Å². The number of hydrogen-bond donors (Lipinski definition) is 2. The molecule has 2 aliphatic carbocycles. The molecule has 2 aliphatic rings. The molecule has 0 radical (unpaired) electrons. The summed E-state index contributed by atoms with van der Waals surface area (Å²) in [6.45, 7) is 0. The molecule has 0 aliphatic heterocycles. The van der Waals surface area contributed by atoms with Crippen molar-refractivity contribution in [3.05, 3.63) is 0 Å². The minimum atomic E-state index is 0.485. The van der Waals surface area contributed by atoms with Crippen molar-refractivity contribution < 1.29 is 0 Å². The maximum absolute atomic E-state index is 5.50. The van der Waals surface area contributed by atoms with Gasteiger partial charge in [0.1, 0.15) is 0 Å². The molecule has 2 fully saturated rings. The van der Waals surface area contributed by atoms with Crippen LogP contribution in [0.15, 0.2) is 0 Å². The minimum absolute atomic E-state index is 0.485. The molecule has 2 nitrogen and oxygen atoms in total. The van der Waals surface area contributed by atoms with E-state index in [9.17, 15) is 0 Å². The molecule has 0 heterocycles. The van der Waals surface area contributed by atoms with Crippen molar-refractivity contribution in [1.82, 2.24) is 5.32 Å². The summed E-state index contributed by atoms with van der Waals surface area (Å²) in [6.07, 6.45) is 6.88. The Balaban J connectivity index is 1.87. The van der Waals surface area contributed by atoms with Crippen molar-refractivity contribution in [2.75, 3.05) is 0 Å². The third-order valence-corrected chi connectivity index (χ3v) is 3.21. The van der Waals surface area contributed by atoms with Crippen molar-refractivity contribution in [1.29, 1.82) is 0 Å². The van der Waals surface area contributed by atoms with Crippen molar-refractivity contribution in [3.63, 3.8) is 0 Å². The molecule has 68 valence electrons. The van der Waals surface area contributed by atoms with Crippen LogP contribution in [0.25, 0.3) is 0 Å². The predicted octanol–water partition coefficient (Wildman–Crippen LogP) is 1.40. The Morgan fingerprint density at radius 1 is 1.25 bits per heavy atom. The lowest BCUT2D eigenvalue weighted by molar-refractivity contribution is 0.228. The fourth-order valence-electron chi connectivity index (χ4n) is 2.04. The summed E-state index contributed by atoms with van der Waals surface area (Å²) in [4.78, 5) is 0. The minimum Gasteiger partial charge on any atom is -0.376 e. The molecule has 2 rings (SSSR count). The molecule has 0 saturated heterocycles. The van der Waals surface area contributed by atoms with Crippen LogP contribution in [0.2, 0.25) is 0 Å². The number of nitrogens with two attached hydrogens (primary N) is 1. The summed E-state index contributed by atoms with van der Waals surface area (Å²) in [5.41, 5.74) is 5.50. The second-order valence-corrected chi connectivity index (χ2v) is 4.50. The zero-order valence-electron chi connectivity index (χ0n) is 7.25. The van der Waals surface area contributed by atoms with Gasteiger partial charge in [-0.1, -0.05) is 6.42 Å². The fourth-order valence-corrected chi connectivity index (χ4v) is 2.18. The van der Waals surface area contributed by atoms with Gasteiger partial charge in [-0.15, -0.1) is 0 Å². The maximum atomic E-state index is 5.50. The van der Waals surface area contributed by atoms with E-state index in [0.717, 1.165) is 11.8 Å². The lowest BCUT2D eigenvalue weighted by atomic mass is 9.78. The van der Waals surface area contributed by atoms with E-state index in [1.54, 1.807) is 0 Å². The van der Waals surface area contributed by atoms with Crippen LogP contribution in [0.4, 0.5) is 0 Å². The quantitative estimate of drug-likeness (QED) is 0.651. The van der Waals surface area contributed by atoms with Gasteiger partial charge in [0.15, 0.2) is 5.11 Å². The summed E-state index contributed by atoms with van der Waals surface area (Å²) in [5, 5.41) is 3.74. The van der Waals surface area contributed by atoms with Crippen LogP contribution in [0, 0.1) is 11.8 Å². The maximum Gasteiger partial charge on any atom is 0.163 e. The molecule has 1 unspecified atom stereocenters. The Labute approximate surface area is 78.9 Å². The average molecular weight is 184 g/mol. The van der Waals surface area contributed by atoms with Crippen molar-refractivity contribution >= 4 is 17.3 Å².